The molecule has 0 spiro atoms. The minimum atomic E-state index is 0.352. The Kier molecular flexibility index (Phi) is 8.55. The first-order valence-corrected chi connectivity index (χ1v) is 10.5. The Morgan fingerprint density at radius 3 is 1.86 bits per heavy atom. The molecule has 0 saturated heterocycles. The highest BCUT2D eigenvalue weighted by atomic mass is 14.7. The average Bonchev–Trinajstić information content (AvgIpc) is 3.12. The first-order chi connectivity index (χ1) is 13.8. The first kappa shape index (κ1) is 21.5. The lowest BCUT2D eigenvalue weighted by Crippen LogP contribution is -2.06. The standard InChI is InChI=1S/C23H21N.2C2H6/c1-17-23(20-14-8-9-15-22(20)24-17)21(19-12-6-3-7-13-19)16-18-10-4-2-5-11-18;2*1-2/h2-15,21,24H,16H2,1H3;2*1-2H3. The van der Waals surface area contributed by atoms with E-state index in [1.54, 1.807) is 0 Å². The quantitative estimate of drug-likeness (QED) is 0.375. The Hall–Kier alpha value is -2.80. The molecule has 4 aromatic rings. The van der Waals surface area contributed by atoms with Gasteiger partial charge in [0.25, 0.3) is 0 Å². The van der Waals surface area contributed by atoms with Gasteiger partial charge in [0.05, 0.1) is 0 Å². The molecule has 1 heterocycles. The van der Waals surface area contributed by atoms with Gasteiger partial charge in [0.15, 0.2) is 0 Å². The van der Waals surface area contributed by atoms with Crippen LogP contribution in [0, 0.1) is 6.92 Å². The van der Waals surface area contributed by atoms with Gasteiger partial charge in [-0.25, -0.2) is 0 Å². The van der Waals surface area contributed by atoms with Crippen molar-refractivity contribution in [2.75, 3.05) is 0 Å². The summed E-state index contributed by atoms with van der Waals surface area (Å²) in [5, 5.41) is 1.33. The van der Waals surface area contributed by atoms with E-state index in [2.05, 4.69) is 96.8 Å². The maximum Gasteiger partial charge on any atom is 0.0459 e. The van der Waals surface area contributed by atoms with Crippen molar-refractivity contribution in [3.8, 4) is 0 Å². The van der Waals surface area contributed by atoms with Crippen LogP contribution in [-0.4, -0.2) is 4.98 Å². The van der Waals surface area contributed by atoms with E-state index in [4.69, 9.17) is 0 Å². The number of hydrogen-bond acceptors (Lipinski definition) is 0. The third-order valence-electron chi connectivity index (χ3n) is 4.78. The van der Waals surface area contributed by atoms with Crippen LogP contribution in [0.15, 0.2) is 84.9 Å². The summed E-state index contributed by atoms with van der Waals surface area (Å²) in [7, 11) is 0. The molecule has 0 aliphatic rings. The molecule has 0 radical (unpaired) electrons. The summed E-state index contributed by atoms with van der Waals surface area (Å²) in [4.78, 5) is 3.56. The van der Waals surface area contributed by atoms with Crippen LogP contribution in [-0.2, 0) is 6.42 Å². The van der Waals surface area contributed by atoms with Gasteiger partial charge in [-0.1, -0.05) is 107 Å². The van der Waals surface area contributed by atoms with Crippen molar-refractivity contribution in [1.29, 1.82) is 0 Å². The molecule has 1 nitrogen and oxygen atoms in total. The van der Waals surface area contributed by atoms with E-state index in [9.17, 15) is 0 Å². The maximum absolute atomic E-state index is 3.56. The molecule has 28 heavy (non-hydrogen) atoms. The lowest BCUT2D eigenvalue weighted by Gasteiger charge is -2.19. The number of benzene rings is 3. The summed E-state index contributed by atoms with van der Waals surface area (Å²) in [5.41, 5.74) is 6.64. The summed E-state index contributed by atoms with van der Waals surface area (Å²) < 4.78 is 0. The predicted octanol–water partition coefficient (Wildman–Crippen LogP) is 7.90. The molecule has 4 rings (SSSR count). The van der Waals surface area contributed by atoms with E-state index in [0.717, 1.165) is 6.42 Å². The SMILES string of the molecule is CC.CC.Cc1[nH]c2ccccc2c1C(Cc1ccccc1)c1ccccc1. The van der Waals surface area contributed by atoms with Crippen LogP contribution in [0.1, 0.15) is 56.0 Å². The van der Waals surface area contributed by atoms with Crippen molar-refractivity contribution in [1.82, 2.24) is 4.98 Å². The largest absolute Gasteiger partial charge is 0.358 e. The second kappa shape index (κ2) is 11.1. The van der Waals surface area contributed by atoms with Crippen LogP contribution in [0.4, 0.5) is 0 Å². The topological polar surface area (TPSA) is 15.8 Å². The molecule has 0 saturated carbocycles. The summed E-state index contributed by atoms with van der Waals surface area (Å²) in [5.74, 6) is 0.352. The van der Waals surface area contributed by atoms with Gasteiger partial charge in [0, 0.05) is 22.5 Å². The molecule has 3 aromatic carbocycles. The zero-order valence-electron chi connectivity index (χ0n) is 17.9. The van der Waals surface area contributed by atoms with Crippen molar-refractivity contribution in [2.45, 2.75) is 47.0 Å². The highest BCUT2D eigenvalue weighted by Crippen LogP contribution is 2.35. The highest BCUT2D eigenvalue weighted by molar-refractivity contribution is 5.85. The van der Waals surface area contributed by atoms with Gasteiger partial charge < -0.3 is 4.98 Å². The molecule has 0 fully saturated rings. The Bertz CT molecular complexity index is 936. The van der Waals surface area contributed by atoms with Gasteiger partial charge in [-0.3, -0.25) is 0 Å². The summed E-state index contributed by atoms with van der Waals surface area (Å²) in [6, 6.07) is 30.2. The monoisotopic (exact) mass is 371 g/mol. The van der Waals surface area contributed by atoms with E-state index >= 15 is 0 Å². The van der Waals surface area contributed by atoms with Crippen LogP contribution >= 0.6 is 0 Å². The van der Waals surface area contributed by atoms with Crippen molar-refractivity contribution in [3.05, 3.63) is 107 Å². The molecule has 1 aromatic heterocycles. The number of rotatable bonds is 4. The van der Waals surface area contributed by atoms with Crippen LogP contribution in [0.25, 0.3) is 10.9 Å². The number of H-pyrrole nitrogens is 1. The van der Waals surface area contributed by atoms with Gasteiger partial charge in [0.1, 0.15) is 0 Å². The maximum atomic E-state index is 3.56. The zero-order chi connectivity index (χ0) is 20.4. The van der Waals surface area contributed by atoms with Crippen molar-refractivity contribution in [2.24, 2.45) is 0 Å². The number of aromatic nitrogens is 1. The fourth-order valence-electron chi connectivity index (χ4n) is 3.67. The molecule has 0 amide bonds. The molecule has 1 unspecified atom stereocenters. The molecule has 0 aliphatic carbocycles. The van der Waals surface area contributed by atoms with Crippen LogP contribution in [0.2, 0.25) is 0 Å². The minimum Gasteiger partial charge on any atom is -0.358 e. The Balaban J connectivity index is 0.000000660. The number of fused-ring (bicyclic) bond motifs is 1. The Morgan fingerprint density at radius 1 is 0.679 bits per heavy atom. The van der Waals surface area contributed by atoms with Gasteiger partial charge >= 0.3 is 0 Å². The zero-order valence-corrected chi connectivity index (χ0v) is 17.9. The van der Waals surface area contributed by atoms with E-state index in [1.807, 2.05) is 27.7 Å². The third kappa shape index (κ3) is 4.92. The molecular formula is C27H33N. The van der Waals surface area contributed by atoms with E-state index < -0.39 is 0 Å². The van der Waals surface area contributed by atoms with Gasteiger partial charge in [0.2, 0.25) is 0 Å². The van der Waals surface area contributed by atoms with Crippen LogP contribution in [0.3, 0.4) is 0 Å². The van der Waals surface area contributed by atoms with Crippen molar-refractivity contribution < 1.29 is 0 Å². The smallest absolute Gasteiger partial charge is 0.0459 e. The fraction of sp³-hybridized carbons (Fsp3) is 0.259. The molecule has 1 atom stereocenters. The summed E-state index contributed by atoms with van der Waals surface area (Å²) in [6.07, 6.45) is 1.01. The second-order valence-corrected chi connectivity index (χ2v) is 6.36. The minimum absolute atomic E-state index is 0.352. The number of nitrogens with one attached hydrogen (secondary N) is 1. The molecule has 146 valence electrons. The van der Waals surface area contributed by atoms with Crippen molar-refractivity contribution >= 4 is 10.9 Å². The molecule has 0 aliphatic heterocycles. The van der Waals surface area contributed by atoms with Crippen LogP contribution in [0.5, 0.6) is 0 Å². The van der Waals surface area contributed by atoms with Gasteiger partial charge in [-0.05, 0) is 36.1 Å². The average molecular weight is 372 g/mol. The second-order valence-electron chi connectivity index (χ2n) is 6.36. The lowest BCUT2D eigenvalue weighted by atomic mass is 9.84. The van der Waals surface area contributed by atoms with Crippen LogP contribution < -0.4 is 0 Å². The lowest BCUT2D eigenvalue weighted by molar-refractivity contribution is 0.804. The summed E-state index contributed by atoms with van der Waals surface area (Å²) in [6.45, 7) is 10.2. The number of para-hydroxylation sites is 1. The van der Waals surface area contributed by atoms with E-state index in [-0.39, 0.29) is 0 Å². The van der Waals surface area contributed by atoms with E-state index in [1.165, 1.54) is 33.3 Å². The third-order valence-corrected chi connectivity index (χ3v) is 4.78. The van der Waals surface area contributed by atoms with Gasteiger partial charge in [-0.2, -0.15) is 0 Å². The Labute approximate surface area is 170 Å². The highest BCUT2D eigenvalue weighted by Gasteiger charge is 2.21. The number of hydrogen-bond donors (Lipinski definition) is 1. The fourth-order valence-corrected chi connectivity index (χ4v) is 3.67. The first-order valence-electron chi connectivity index (χ1n) is 10.5. The molecule has 1 heteroatoms. The van der Waals surface area contributed by atoms with Crippen molar-refractivity contribution in [3.63, 3.8) is 0 Å². The Morgan fingerprint density at radius 2 is 1.21 bits per heavy atom. The van der Waals surface area contributed by atoms with Gasteiger partial charge in [-0.15, -0.1) is 0 Å². The van der Waals surface area contributed by atoms with E-state index in [0.29, 0.717) is 5.92 Å². The molecular weight excluding hydrogens is 338 g/mol. The number of aryl methyl sites for hydroxylation is 1. The normalized spacial score (nSPS) is 11.0. The summed E-state index contributed by atoms with van der Waals surface area (Å²) >= 11 is 0. The predicted molar refractivity (Wildman–Crippen MR) is 124 cm³/mol. The molecule has 1 N–H and O–H groups in total. The molecule has 0 bridgehead atoms. The number of aromatic amines is 1.